The molecule has 0 saturated heterocycles. The molecule has 0 saturated carbocycles. The van der Waals surface area contributed by atoms with Gasteiger partial charge in [0.05, 0.1) is 11.7 Å². The third-order valence-corrected chi connectivity index (χ3v) is 4.05. The maximum Gasteiger partial charge on any atom is 0.573 e. The summed E-state index contributed by atoms with van der Waals surface area (Å²) in [6, 6.07) is 6.61. The number of alkyl halides is 3. The van der Waals surface area contributed by atoms with Gasteiger partial charge >= 0.3 is 6.36 Å². The summed E-state index contributed by atoms with van der Waals surface area (Å²) in [4.78, 5) is 16.4. The third kappa shape index (κ3) is 5.30. The Morgan fingerprint density at radius 1 is 1.39 bits per heavy atom. The van der Waals surface area contributed by atoms with Crippen molar-refractivity contribution in [3.05, 3.63) is 48.0 Å². The molecular weight excluding hydrogens is 399 g/mol. The van der Waals surface area contributed by atoms with Crippen molar-refractivity contribution in [2.75, 3.05) is 5.32 Å². The van der Waals surface area contributed by atoms with E-state index in [9.17, 15) is 23.1 Å². The van der Waals surface area contributed by atoms with Gasteiger partial charge in [0.25, 0.3) is 5.91 Å². The first kappa shape index (κ1) is 19.8. The number of hydrogen-bond acceptors (Lipinski definition) is 7. The summed E-state index contributed by atoms with van der Waals surface area (Å²) < 4.78 is 50.2. The number of benzene rings is 1. The summed E-state index contributed by atoms with van der Waals surface area (Å²) >= 11 is 0.967. The lowest BCUT2D eigenvalue weighted by Crippen LogP contribution is -2.17. The molecule has 148 valence electrons. The minimum absolute atomic E-state index is 0.157. The molecule has 0 spiro atoms. The molecule has 3 rings (SSSR count). The smallest absolute Gasteiger partial charge is 0.464 e. The fraction of sp³-hybridized carbons (Fsp3) is 0.235. The summed E-state index contributed by atoms with van der Waals surface area (Å²) in [7, 11) is 0. The fourth-order valence-corrected chi connectivity index (χ4v) is 2.87. The maximum absolute atomic E-state index is 12.3. The summed E-state index contributed by atoms with van der Waals surface area (Å²) in [6.07, 6.45) is -3.97. The normalized spacial score (nSPS) is 12.6. The number of carbonyl (C=O) groups excluding carboxylic acids is 1. The predicted octanol–water partition coefficient (Wildman–Crippen LogP) is 3.87. The molecular formula is C17H14F3N3O4S. The molecule has 0 radical (unpaired) electrons. The number of carbonyl (C=O) groups is 1. The third-order valence-electron chi connectivity index (χ3n) is 3.38. The molecule has 0 aliphatic heterocycles. The number of aliphatic hydroxyl groups is 1. The second kappa shape index (κ2) is 7.98. The fourth-order valence-electron chi connectivity index (χ4n) is 2.27. The van der Waals surface area contributed by atoms with Crippen LogP contribution in [0.4, 0.5) is 18.3 Å². The molecule has 7 nitrogen and oxygen atoms in total. The van der Waals surface area contributed by atoms with Gasteiger partial charge in [-0.2, -0.15) is 4.37 Å². The van der Waals surface area contributed by atoms with Crippen molar-refractivity contribution in [1.29, 1.82) is 0 Å². The molecule has 3 aromatic rings. The van der Waals surface area contributed by atoms with Crippen LogP contribution in [-0.2, 0) is 6.42 Å². The van der Waals surface area contributed by atoms with Gasteiger partial charge in [-0.1, -0.05) is 12.1 Å². The van der Waals surface area contributed by atoms with Crippen molar-refractivity contribution in [3.8, 4) is 17.1 Å². The first-order valence-corrected chi connectivity index (χ1v) is 8.73. The summed E-state index contributed by atoms with van der Waals surface area (Å²) in [5.74, 6) is -0.307. The zero-order valence-electron chi connectivity index (χ0n) is 14.4. The number of nitrogens with zero attached hydrogens (tertiary/aromatic N) is 2. The highest BCUT2D eigenvalue weighted by Crippen LogP contribution is 2.29. The molecule has 0 aliphatic carbocycles. The molecule has 0 bridgehead atoms. The molecule has 1 aromatic carbocycles. The Kier molecular flexibility index (Phi) is 5.66. The number of anilines is 1. The van der Waals surface area contributed by atoms with Crippen LogP contribution in [0.25, 0.3) is 11.3 Å². The van der Waals surface area contributed by atoms with Crippen LogP contribution < -0.4 is 10.1 Å². The monoisotopic (exact) mass is 413 g/mol. The number of ether oxygens (including phenoxy) is 1. The second-order valence-corrected chi connectivity index (χ2v) is 6.55. The van der Waals surface area contributed by atoms with Crippen LogP contribution in [0.1, 0.15) is 23.1 Å². The number of nitrogens with one attached hydrogen (secondary N) is 1. The number of furan rings is 1. The van der Waals surface area contributed by atoms with E-state index in [0.29, 0.717) is 11.4 Å². The highest BCUT2D eigenvalue weighted by Gasteiger charge is 2.31. The van der Waals surface area contributed by atoms with Crippen LogP contribution in [0.2, 0.25) is 0 Å². The Morgan fingerprint density at radius 2 is 2.18 bits per heavy atom. The van der Waals surface area contributed by atoms with Crippen molar-refractivity contribution in [2.45, 2.75) is 25.8 Å². The Hall–Kier alpha value is -2.92. The van der Waals surface area contributed by atoms with Gasteiger partial charge in [-0.15, -0.1) is 13.2 Å². The molecule has 0 fully saturated rings. The lowest BCUT2D eigenvalue weighted by molar-refractivity contribution is -0.274. The van der Waals surface area contributed by atoms with Crippen LogP contribution in [0.15, 0.2) is 41.0 Å². The van der Waals surface area contributed by atoms with Gasteiger partial charge in [0.1, 0.15) is 23.6 Å². The first-order chi connectivity index (χ1) is 13.2. The molecule has 11 heteroatoms. The maximum atomic E-state index is 12.3. The van der Waals surface area contributed by atoms with Crippen molar-refractivity contribution >= 4 is 22.6 Å². The summed E-state index contributed by atoms with van der Waals surface area (Å²) in [5.41, 5.74) is 0.473. The topological polar surface area (TPSA) is 97.5 Å². The Morgan fingerprint density at radius 3 is 2.89 bits per heavy atom. The van der Waals surface area contributed by atoms with Gasteiger partial charge < -0.3 is 14.3 Å². The lowest BCUT2D eigenvalue weighted by atomic mass is 10.1. The van der Waals surface area contributed by atoms with E-state index in [1.807, 2.05) is 0 Å². The van der Waals surface area contributed by atoms with Crippen molar-refractivity contribution in [1.82, 2.24) is 9.36 Å². The Bertz CT molecular complexity index is 968. The van der Waals surface area contributed by atoms with E-state index in [4.69, 9.17) is 4.42 Å². The number of amides is 1. The summed E-state index contributed by atoms with van der Waals surface area (Å²) in [6.45, 7) is 1.60. The van der Waals surface area contributed by atoms with Crippen LogP contribution >= 0.6 is 11.5 Å². The number of hydrogen-bond donors (Lipinski definition) is 2. The van der Waals surface area contributed by atoms with Gasteiger partial charge in [-0.25, -0.2) is 4.98 Å². The van der Waals surface area contributed by atoms with Gasteiger partial charge in [0.2, 0.25) is 5.13 Å². The van der Waals surface area contributed by atoms with E-state index < -0.39 is 24.1 Å². The first-order valence-electron chi connectivity index (χ1n) is 7.96. The second-order valence-electron chi connectivity index (χ2n) is 5.80. The van der Waals surface area contributed by atoms with Gasteiger partial charge in [-0.3, -0.25) is 10.1 Å². The minimum atomic E-state index is -4.80. The van der Waals surface area contributed by atoms with E-state index in [0.717, 1.165) is 23.7 Å². The largest absolute Gasteiger partial charge is 0.573 e. The average Bonchev–Trinajstić information content (AvgIpc) is 3.22. The van der Waals surface area contributed by atoms with Crippen molar-refractivity contribution < 1.29 is 32.2 Å². The van der Waals surface area contributed by atoms with Crippen LogP contribution in [-0.4, -0.2) is 32.8 Å². The number of aromatic nitrogens is 2. The molecule has 1 atom stereocenters. The van der Waals surface area contributed by atoms with E-state index in [1.54, 1.807) is 6.92 Å². The SMILES string of the molecule is CC(O)Cc1nsc(NC(=O)c2coc(-c3cccc(OC(F)(F)F)c3)c2)n1. The molecule has 1 unspecified atom stereocenters. The minimum Gasteiger partial charge on any atom is -0.464 e. The van der Waals surface area contributed by atoms with E-state index in [-0.39, 0.29) is 22.9 Å². The number of aliphatic hydroxyl groups excluding tert-OH is 1. The van der Waals surface area contributed by atoms with Gasteiger partial charge in [0, 0.05) is 23.5 Å². The van der Waals surface area contributed by atoms with Crippen LogP contribution in [0.3, 0.4) is 0 Å². The highest BCUT2D eigenvalue weighted by atomic mass is 32.1. The van der Waals surface area contributed by atoms with Crippen LogP contribution in [0.5, 0.6) is 5.75 Å². The van der Waals surface area contributed by atoms with E-state index >= 15 is 0 Å². The predicted molar refractivity (Wildman–Crippen MR) is 94.1 cm³/mol. The Balaban J connectivity index is 1.70. The van der Waals surface area contributed by atoms with E-state index in [2.05, 4.69) is 19.4 Å². The van der Waals surface area contributed by atoms with Crippen molar-refractivity contribution in [2.24, 2.45) is 0 Å². The van der Waals surface area contributed by atoms with Crippen molar-refractivity contribution in [3.63, 3.8) is 0 Å². The lowest BCUT2D eigenvalue weighted by Gasteiger charge is -2.09. The number of halogens is 3. The standard InChI is InChI=1S/C17H14F3N3O4S/c1-9(24)5-14-21-16(28-23-14)22-15(25)11-7-13(26-8-11)10-3-2-4-12(6-10)27-17(18,19)20/h2-4,6-9,24H,5H2,1H3,(H,21,22,23,25). The average molecular weight is 413 g/mol. The molecule has 1 amide bonds. The van der Waals surface area contributed by atoms with E-state index in [1.165, 1.54) is 24.5 Å². The highest BCUT2D eigenvalue weighted by molar-refractivity contribution is 7.09. The molecule has 2 aromatic heterocycles. The quantitative estimate of drug-likeness (QED) is 0.637. The van der Waals surface area contributed by atoms with Gasteiger partial charge in [-0.05, 0) is 25.1 Å². The van der Waals surface area contributed by atoms with Crippen LogP contribution in [0, 0.1) is 0 Å². The zero-order valence-corrected chi connectivity index (χ0v) is 15.2. The Labute approximate surface area is 161 Å². The summed E-state index contributed by atoms with van der Waals surface area (Å²) in [5, 5.41) is 12.1. The molecule has 0 aliphatic rings. The number of rotatable bonds is 6. The zero-order chi connectivity index (χ0) is 20.3. The molecule has 28 heavy (non-hydrogen) atoms. The van der Waals surface area contributed by atoms with Gasteiger partial charge in [0.15, 0.2) is 0 Å². The molecule has 2 N–H and O–H groups in total. The molecule has 2 heterocycles.